The second-order valence-corrected chi connectivity index (χ2v) is 6.05. The van der Waals surface area contributed by atoms with Crippen LogP contribution < -0.4 is 5.73 Å². The van der Waals surface area contributed by atoms with E-state index in [9.17, 15) is 0 Å². The molecule has 1 aliphatic rings. The molecule has 1 saturated heterocycles. The van der Waals surface area contributed by atoms with E-state index in [4.69, 9.17) is 22.7 Å². The zero-order valence-corrected chi connectivity index (χ0v) is 11.1. The Hall–Kier alpha value is -0.350. The summed E-state index contributed by atoms with van der Waals surface area (Å²) in [5, 5.41) is 0.163. The number of nitrogens with zero attached hydrogens (tertiary/aromatic N) is 1. The lowest BCUT2D eigenvalue weighted by Gasteiger charge is -2.53. The van der Waals surface area contributed by atoms with Crippen LogP contribution in [0, 0.1) is 0 Å². The molecule has 3 nitrogen and oxygen atoms in total. The largest absolute Gasteiger partial charge is 0.468 e. The van der Waals surface area contributed by atoms with E-state index in [-0.39, 0.29) is 22.4 Å². The van der Waals surface area contributed by atoms with Crippen molar-refractivity contribution in [3.05, 3.63) is 0 Å². The minimum Gasteiger partial charge on any atom is -0.468 e. The zero-order chi connectivity index (χ0) is 11.9. The van der Waals surface area contributed by atoms with Crippen molar-refractivity contribution in [2.45, 2.75) is 57.7 Å². The van der Waals surface area contributed by atoms with E-state index < -0.39 is 0 Å². The minimum atomic E-state index is 0.122. The topological polar surface area (TPSA) is 38.5 Å². The van der Waals surface area contributed by atoms with Crippen LogP contribution in [0.2, 0.25) is 0 Å². The quantitative estimate of drug-likeness (QED) is 0.698. The fourth-order valence-electron chi connectivity index (χ4n) is 2.53. The van der Waals surface area contributed by atoms with Crippen molar-refractivity contribution in [1.29, 1.82) is 0 Å². The first-order valence-corrected chi connectivity index (χ1v) is 5.76. The Balaban J connectivity index is 2.79. The lowest BCUT2D eigenvalue weighted by Crippen LogP contribution is -2.60. The summed E-state index contributed by atoms with van der Waals surface area (Å²) in [6.07, 6.45) is 2.07. The summed E-state index contributed by atoms with van der Waals surface area (Å²) in [7, 11) is 2.16. The summed E-state index contributed by atoms with van der Waals surface area (Å²) < 4.78 is 5.49. The number of hydrogen-bond donors (Lipinski definition) is 1. The number of hydrogen-bond acceptors (Lipinski definition) is 3. The molecule has 0 saturated carbocycles. The molecule has 0 atom stereocenters. The van der Waals surface area contributed by atoms with Crippen molar-refractivity contribution in [2.75, 3.05) is 7.05 Å². The van der Waals surface area contributed by atoms with E-state index >= 15 is 0 Å². The Morgan fingerprint density at radius 3 is 2.00 bits per heavy atom. The first-order valence-electron chi connectivity index (χ1n) is 5.35. The van der Waals surface area contributed by atoms with Gasteiger partial charge in [0.05, 0.1) is 0 Å². The van der Waals surface area contributed by atoms with Gasteiger partial charge in [0.25, 0.3) is 5.17 Å². The van der Waals surface area contributed by atoms with Crippen LogP contribution >= 0.6 is 12.2 Å². The van der Waals surface area contributed by atoms with Gasteiger partial charge in [-0.3, -0.25) is 4.90 Å². The Morgan fingerprint density at radius 2 is 1.67 bits per heavy atom. The molecule has 1 fully saturated rings. The number of piperidine rings is 1. The molecule has 1 aliphatic heterocycles. The van der Waals surface area contributed by atoms with Gasteiger partial charge in [-0.05, 0) is 47.0 Å². The van der Waals surface area contributed by atoms with E-state index in [1.165, 1.54) is 0 Å². The third-order valence-corrected chi connectivity index (χ3v) is 3.65. The summed E-state index contributed by atoms with van der Waals surface area (Å²) in [5.41, 5.74) is 5.68. The summed E-state index contributed by atoms with van der Waals surface area (Å²) >= 11 is 4.80. The molecular weight excluding hydrogens is 208 g/mol. The Bertz CT molecular complexity index is 245. The van der Waals surface area contributed by atoms with Crippen molar-refractivity contribution in [2.24, 2.45) is 5.73 Å². The monoisotopic (exact) mass is 230 g/mol. The molecule has 1 heterocycles. The van der Waals surface area contributed by atoms with Gasteiger partial charge in [0, 0.05) is 23.9 Å². The maximum absolute atomic E-state index is 5.49. The first-order chi connectivity index (χ1) is 6.65. The van der Waals surface area contributed by atoms with Crippen LogP contribution in [0.3, 0.4) is 0 Å². The van der Waals surface area contributed by atoms with Gasteiger partial charge < -0.3 is 10.5 Å². The highest BCUT2D eigenvalue weighted by atomic mass is 32.1. The molecule has 15 heavy (non-hydrogen) atoms. The summed E-state index contributed by atoms with van der Waals surface area (Å²) in [6, 6.07) is 0. The summed E-state index contributed by atoms with van der Waals surface area (Å²) in [4.78, 5) is 2.40. The first kappa shape index (κ1) is 12.7. The molecule has 0 aromatic carbocycles. The van der Waals surface area contributed by atoms with Crippen LogP contribution in [0.1, 0.15) is 40.5 Å². The van der Waals surface area contributed by atoms with Crippen LogP contribution in [-0.4, -0.2) is 34.3 Å². The molecule has 0 bridgehead atoms. The van der Waals surface area contributed by atoms with Gasteiger partial charge in [0.2, 0.25) is 0 Å². The van der Waals surface area contributed by atoms with Crippen molar-refractivity contribution >= 4 is 17.4 Å². The molecule has 2 N–H and O–H groups in total. The average molecular weight is 230 g/mol. The van der Waals surface area contributed by atoms with Gasteiger partial charge in [-0.1, -0.05) is 0 Å². The van der Waals surface area contributed by atoms with Gasteiger partial charge in [0.15, 0.2) is 0 Å². The molecule has 88 valence electrons. The third-order valence-electron chi connectivity index (χ3n) is 3.55. The van der Waals surface area contributed by atoms with Gasteiger partial charge in [-0.25, -0.2) is 0 Å². The van der Waals surface area contributed by atoms with Gasteiger partial charge in [-0.2, -0.15) is 0 Å². The average Bonchev–Trinajstić information content (AvgIpc) is 1.97. The number of rotatable bonds is 1. The maximum atomic E-state index is 5.49. The number of nitrogens with two attached hydrogens (primary N) is 1. The lowest BCUT2D eigenvalue weighted by atomic mass is 9.79. The number of likely N-dealkylation sites (tertiary alicyclic amines) is 1. The summed E-state index contributed by atoms with van der Waals surface area (Å²) in [5.74, 6) is 0. The molecule has 0 spiro atoms. The summed E-state index contributed by atoms with van der Waals surface area (Å²) in [6.45, 7) is 8.90. The Morgan fingerprint density at radius 1 is 1.27 bits per heavy atom. The Labute approximate surface area is 98.0 Å². The second-order valence-electron chi connectivity index (χ2n) is 5.65. The predicted octanol–water partition coefficient (Wildman–Crippen LogP) is 1.90. The molecule has 0 unspecified atom stereocenters. The molecule has 0 aromatic heterocycles. The molecule has 1 rings (SSSR count). The fraction of sp³-hybridized carbons (Fsp3) is 0.909. The van der Waals surface area contributed by atoms with E-state index in [2.05, 4.69) is 39.6 Å². The van der Waals surface area contributed by atoms with Gasteiger partial charge >= 0.3 is 0 Å². The van der Waals surface area contributed by atoms with Crippen molar-refractivity contribution in [1.82, 2.24) is 4.90 Å². The number of thiocarbonyl (C=S) groups is 1. The van der Waals surface area contributed by atoms with Crippen molar-refractivity contribution in [3.8, 4) is 0 Å². The highest BCUT2D eigenvalue weighted by molar-refractivity contribution is 7.80. The molecule has 4 heteroatoms. The van der Waals surface area contributed by atoms with Gasteiger partial charge in [0.1, 0.15) is 6.10 Å². The van der Waals surface area contributed by atoms with E-state index in [0.717, 1.165) is 12.8 Å². The van der Waals surface area contributed by atoms with E-state index in [1.54, 1.807) is 0 Å². The minimum absolute atomic E-state index is 0.122. The van der Waals surface area contributed by atoms with Crippen LogP contribution in [0.4, 0.5) is 0 Å². The maximum Gasteiger partial charge on any atom is 0.254 e. The van der Waals surface area contributed by atoms with Crippen LogP contribution in [0.15, 0.2) is 0 Å². The molecule has 0 aliphatic carbocycles. The van der Waals surface area contributed by atoms with Crippen molar-refractivity contribution < 1.29 is 4.74 Å². The SMILES string of the molecule is CN1C(C)(C)CC(OC(N)=S)CC1(C)C. The number of ether oxygens (including phenoxy) is 1. The normalized spacial score (nSPS) is 26.2. The highest BCUT2D eigenvalue weighted by Crippen LogP contribution is 2.37. The highest BCUT2D eigenvalue weighted by Gasteiger charge is 2.43. The van der Waals surface area contributed by atoms with Gasteiger partial charge in [-0.15, -0.1) is 0 Å². The standard InChI is InChI=1S/C11H22N2OS/c1-10(2)6-8(14-9(12)15)7-11(3,4)13(10)5/h8H,6-7H2,1-5H3,(H2,12,15). The second kappa shape index (κ2) is 3.91. The van der Waals surface area contributed by atoms with E-state index in [0.29, 0.717) is 0 Å². The molecular formula is C11H22N2OS. The van der Waals surface area contributed by atoms with Crippen molar-refractivity contribution in [3.63, 3.8) is 0 Å². The predicted molar refractivity (Wildman–Crippen MR) is 66.8 cm³/mol. The lowest BCUT2D eigenvalue weighted by molar-refractivity contribution is -0.0588. The molecule has 0 radical (unpaired) electrons. The fourth-order valence-corrected chi connectivity index (χ4v) is 2.66. The van der Waals surface area contributed by atoms with E-state index in [1.807, 2.05) is 0 Å². The zero-order valence-electron chi connectivity index (χ0n) is 10.3. The molecule has 0 aromatic rings. The Kier molecular flexibility index (Phi) is 3.31. The van der Waals surface area contributed by atoms with Crippen LogP contribution in [-0.2, 0) is 4.74 Å². The smallest absolute Gasteiger partial charge is 0.254 e. The van der Waals surface area contributed by atoms with Crippen LogP contribution in [0.25, 0.3) is 0 Å². The third kappa shape index (κ3) is 2.82. The molecule has 0 amide bonds. The van der Waals surface area contributed by atoms with Crippen LogP contribution in [0.5, 0.6) is 0 Å².